The van der Waals surface area contributed by atoms with Crippen LogP contribution < -0.4 is 10.6 Å². The number of thioether (sulfide) groups is 1. The zero-order valence-corrected chi connectivity index (χ0v) is 15.7. The normalized spacial score (nSPS) is 11.1. The molecule has 0 spiro atoms. The molecule has 0 aliphatic carbocycles. The number of rotatable bonds is 7. The van der Waals surface area contributed by atoms with E-state index < -0.39 is 6.03 Å². The van der Waals surface area contributed by atoms with Crippen molar-refractivity contribution in [2.45, 2.75) is 53.2 Å². The Morgan fingerprint density at radius 1 is 1.17 bits per heavy atom. The molecular formula is C16H28N4O2S. The van der Waals surface area contributed by atoms with Crippen molar-refractivity contribution in [3.05, 3.63) is 11.4 Å². The van der Waals surface area contributed by atoms with Crippen LogP contribution in [0.3, 0.4) is 0 Å². The van der Waals surface area contributed by atoms with Crippen LogP contribution in [0, 0.1) is 25.7 Å². The maximum absolute atomic E-state index is 11.9. The Labute approximate surface area is 142 Å². The molecule has 0 bridgehead atoms. The maximum atomic E-state index is 11.9. The maximum Gasteiger partial charge on any atom is 0.321 e. The molecule has 0 aliphatic heterocycles. The molecule has 0 radical (unpaired) electrons. The fourth-order valence-electron chi connectivity index (χ4n) is 1.95. The summed E-state index contributed by atoms with van der Waals surface area (Å²) in [7, 11) is 0. The summed E-state index contributed by atoms with van der Waals surface area (Å²) in [5.74, 6) is 0.700. The number of imidazole rings is 1. The zero-order chi connectivity index (χ0) is 17.6. The van der Waals surface area contributed by atoms with Gasteiger partial charge in [0.15, 0.2) is 5.16 Å². The van der Waals surface area contributed by atoms with Crippen molar-refractivity contribution in [2.75, 3.05) is 12.3 Å². The Morgan fingerprint density at radius 2 is 1.83 bits per heavy atom. The van der Waals surface area contributed by atoms with E-state index in [-0.39, 0.29) is 11.7 Å². The van der Waals surface area contributed by atoms with Gasteiger partial charge in [0, 0.05) is 18.8 Å². The van der Waals surface area contributed by atoms with Crippen molar-refractivity contribution < 1.29 is 9.59 Å². The molecule has 0 aliphatic rings. The van der Waals surface area contributed by atoms with E-state index in [1.165, 1.54) is 11.8 Å². The minimum absolute atomic E-state index is 0.170. The van der Waals surface area contributed by atoms with Gasteiger partial charge in [-0.1, -0.05) is 39.5 Å². The largest absolute Gasteiger partial charge is 0.338 e. The van der Waals surface area contributed by atoms with Gasteiger partial charge in [-0.25, -0.2) is 9.78 Å². The van der Waals surface area contributed by atoms with Crippen molar-refractivity contribution >= 4 is 23.7 Å². The lowest BCUT2D eigenvalue weighted by atomic mass is 10.2. The minimum atomic E-state index is -0.442. The molecule has 0 saturated heterocycles. The van der Waals surface area contributed by atoms with Gasteiger partial charge in [-0.15, -0.1) is 0 Å². The predicted molar refractivity (Wildman–Crippen MR) is 93.6 cm³/mol. The SMILES string of the molecule is Cc1nc(SCC(=O)NC(=O)NCC(C)C)n(CC(C)C)c1C. The summed E-state index contributed by atoms with van der Waals surface area (Å²) < 4.78 is 2.14. The van der Waals surface area contributed by atoms with Crippen LogP contribution in [0.1, 0.15) is 39.1 Å². The molecule has 1 aromatic rings. The van der Waals surface area contributed by atoms with Gasteiger partial charge in [0.25, 0.3) is 0 Å². The standard InChI is InChI=1S/C16H28N4O2S/c1-10(2)7-17-15(22)19-14(21)9-23-16-18-12(5)13(6)20(16)8-11(3)4/h10-11H,7-9H2,1-6H3,(H2,17,19,21,22). The third-order valence-electron chi connectivity index (χ3n) is 3.23. The highest BCUT2D eigenvalue weighted by atomic mass is 32.2. The van der Waals surface area contributed by atoms with Gasteiger partial charge in [0.2, 0.25) is 5.91 Å². The fourth-order valence-corrected chi connectivity index (χ4v) is 2.85. The number of nitrogens with one attached hydrogen (secondary N) is 2. The molecule has 1 aromatic heterocycles. The van der Waals surface area contributed by atoms with E-state index in [1.54, 1.807) is 0 Å². The third-order valence-corrected chi connectivity index (χ3v) is 4.20. The Balaban J connectivity index is 2.56. The molecule has 0 fully saturated rings. The van der Waals surface area contributed by atoms with Gasteiger partial charge in [-0.2, -0.15) is 0 Å². The number of aryl methyl sites for hydroxylation is 1. The van der Waals surface area contributed by atoms with Crippen LogP contribution in [0.2, 0.25) is 0 Å². The van der Waals surface area contributed by atoms with Gasteiger partial charge in [-0.3, -0.25) is 10.1 Å². The van der Waals surface area contributed by atoms with Crippen molar-refractivity contribution in [3.63, 3.8) is 0 Å². The molecule has 2 N–H and O–H groups in total. The van der Waals surface area contributed by atoms with Gasteiger partial charge < -0.3 is 9.88 Å². The number of nitrogens with zero attached hydrogens (tertiary/aromatic N) is 2. The molecule has 23 heavy (non-hydrogen) atoms. The van der Waals surface area contributed by atoms with Crippen molar-refractivity contribution in [3.8, 4) is 0 Å². The van der Waals surface area contributed by atoms with Crippen LogP contribution in [0.5, 0.6) is 0 Å². The van der Waals surface area contributed by atoms with Crippen molar-refractivity contribution in [2.24, 2.45) is 11.8 Å². The summed E-state index contributed by atoms with van der Waals surface area (Å²) in [5, 5.41) is 5.83. The number of carbonyl (C=O) groups excluding carboxylic acids is 2. The molecule has 0 unspecified atom stereocenters. The minimum Gasteiger partial charge on any atom is -0.338 e. The van der Waals surface area contributed by atoms with Crippen LogP contribution in [0.4, 0.5) is 4.79 Å². The highest BCUT2D eigenvalue weighted by Crippen LogP contribution is 2.22. The number of hydrogen-bond donors (Lipinski definition) is 2. The van der Waals surface area contributed by atoms with Crippen LogP contribution in [0.15, 0.2) is 5.16 Å². The second-order valence-corrected chi connectivity index (χ2v) is 7.45. The average Bonchev–Trinajstić information content (AvgIpc) is 2.70. The number of urea groups is 1. The van der Waals surface area contributed by atoms with Gasteiger partial charge >= 0.3 is 6.03 Å². The van der Waals surface area contributed by atoms with E-state index in [0.29, 0.717) is 18.4 Å². The first kappa shape index (κ1) is 19.5. The monoisotopic (exact) mass is 340 g/mol. The zero-order valence-electron chi connectivity index (χ0n) is 14.9. The quantitative estimate of drug-likeness (QED) is 0.748. The first-order valence-electron chi connectivity index (χ1n) is 7.94. The van der Waals surface area contributed by atoms with Gasteiger partial charge in [0.1, 0.15) is 0 Å². The average molecular weight is 340 g/mol. The van der Waals surface area contributed by atoms with Gasteiger partial charge in [0.05, 0.1) is 11.4 Å². The lowest BCUT2D eigenvalue weighted by molar-refractivity contribution is -0.117. The van der Waals surface area contributed by atoms with E-state index >= 15 is 0 Å². The molecule has 0 atom stereocenters. The summed E-state index contributed by atoms with van der Waals surface area (Å²) in [5.41, 5.74) is 2.10. The second-order valence-electron chi connectivity index (χ2n) is 6.51. The number of carbonyl (C=O) groups is 2. The summed E-state index contributed by atoms with van der Waals surface area (Å²) in [6.45, 7) is 13.7. The molecule has 0 aromatic carbocycles. The molecule has 130 valence electrons. The van der Waals surface area contributed by atoms with Crippen LogP contribution in [0.25, 0.3) is 0 Å². The molecule has 3 amide bonds. The van der Waals surface area contributed by atoms with E-state index in [0.717, 1.165) is 23.1 Å². The number of amides is 3. The highest BCUT2D eigenvalue weighted by Gasteiger charge is 2.15. The Morgan fingerprint density at radius 3 is 2.39 bits per heavy atom. The van der Waals surface area contributed by atoms with Crippen molar-refractivity contribution in [1.82, 2.24) is 20.2 Å². The third kappa shape index (κ3) is 6.64. The summed E-state index contributed by atoms with van der Waals surface area (Å²) >= 11 is 1.36. The van der Waals surface area contributed by atoms with E-state index in [2.05, 4.69) is 34.0 Å². The summed E-state index contributed by atoms with van der Waals surface area (Å²) in [6, 6.07) is -0.442. The highest BCUT2D eigenvalue weighted by molar-refractivity contribution is 7.99. The van der Waals surface area contributed by atoms with Crippen LogP contribution in [-0.4, -0.2) is 33.8 Å². The van der Waals surface area contributed by atoms with Crippen molar-refractivity contribution in [1.29, 1.82) is 0 Å². The molecule has 7 heteroatoms. The molecule has 6 nitrogen and oxygen atoms in total. The van der Waals surface area contributed by atoms with Gasteiger partial charge in [-0.05, 0) is 25.7 Å². The Bertz CT molecular complexity index is 553. The summed E-state index contributed by atoms with van der Waals surface area (Å²) in [6.07, 6.45) is 0. The number of hydrogen-bond acceptors (Lipinski definition) is 4. The topological polar surface area (TPSA) is 76.0 Å². The lowest BCUT2D eigenvalue weighted by Crippen LogP contribution is -2.41. The van der Waals surface area contributed by atoms with E-state index in [4.69, 9.17) is 0 Å². The number of imide groups is 1. The van der Waals surface area contributed by atoms with E-state index in [1.807, 2.05) is 27.7 Å². The molecule has 1 heterocycles. The second kappa shape index (κ2) is 8.96. The van der Waals surface area contributed by atoms with E-state index in [9.17, 15) is 9.59 Å². The molecule has 1 rings (SSSR count). The first-order chi connectivity index (χ1) is 10.7. The Hall–Kier alpha value is -1.50. The fraction of sp³-hybridized carbons (Fsp3) is 0.688. The predicted octanol–water partition coefficient (Wildman–Crippen LogP) is 2.73. The number of aromatic nitrogens is 2. The lowest BCUT2D eigenvalue weighted by Gasteiger charge is -2.12. The first-order valence-corrected chi connectivity index (χ1v) is 8.93. The van der Waals surface area contributed by atoms with Crippen LogP contribution >= 0.6 is 11.8 Å². The molecular weight excluding hydrogens is 312 g/mol. The molecule has 0 saturated carbocycles. The Kier molecular flexibility index (Phi) is 7.61. The van der Waals surface area contributed by atoms with Crippen LogP contribution in [-0.2, 0) is 11.3 Å². The summed E-state index contributed by atoms with van der Waals surface area (Å²) in [4.78, 5) is 28.0. The smallest absolute Gasteiger partial charge is 0.321 e.